The molecule has 41 heavy (non-hydrogen) atoms. The van der Waals surface area contributed by atoms with Gasteiger partial charge in [-0.3, -0.25) is 19.2 Å². The van der Waals surface area contributed by atoms with Gasteiger partial charge in [-0.05, 0) is 61.1 Å². The van der Waals surface area contributed by atoms with Crippen LogP contribution in [0.5, 0.6) is 11.5 Å². The third-order valence-electron chi connectivity index (χ3n) is 6.82. The Hall–Kier alpha value is -4.65. The lowest BCUT2D eigenvalue weighted by Gasteiger charge is -2.29. The number of phenols is 2. The second-order valence-electron chi connectivity index (χ2n) is 9.93. The average Bonchev–Trinajstić information content (AvgIpc) is 3.43. The van der Waals surface area contributed by atoms with E-state index in [2.05, 4.69) is 10.6 Å². The van der Waals surface area contributed by atoms with E-state index in [1.807, 2.05) is 0 Å². The molecule has 4 atom stereocenters. The molecule has 1 aliphatic rings. The normalized spacial score (nSPS) is 16.8. The zero-order valence-corrected chi connectivity index (χ0v) is 22.2. The summed E-state index contributed by atoms with van der Waals surface area (Å²) < 4.78 is 0. The van der Waals surface area contributed by atoms with E-state index in [1.54, 1.807) is 24.3 Å². The van der Waals surface area contributed by atoms with Crippen LogP contribution in [0, 0.1) is 0 Å². The Kier molecular flexibility index (Phi) is 10.6. The van der Waals surface area contributed by atoms with Crippen LogP contribution >= 0.6 is 0 Å². The number of hydrogen-bond donors (Lipinski definition) is 7. The molecule has 2 aromatic carbocycles. The standard InChI is InChI=1S/C28H34N4O9/c29-20(14-16-3-7-18(33)8-4-16)25(37)30-21(11-12-24(35)36)26(38)31-22(15-17-5-9-19(34)10-6-17)27(39)32-13-1-2-23(32)28(40)41/h3-10,20-23,33-34H,1-2,11-15,29H2,(H,30,37)(H,31,38)(H,35,36)(H,40,41). The molecule has 220 valence electrons. The number of carboxylic acids is 2. The minimum atomic E-state index is -1.35. The van der Waals surface area contributed by atoms with Gasteiger partial charge in [0.25, 0.3) is 0 Å². The first-order valence-corrected chi connectivity index (χ1v) is 13.1. The van der Waals surface area contributed by atoms with Crippen LogP contribution in [0.25, 0.3) is 0 Å². The predicted molar refractivity (Wildman–Crippen MR) is 145 cm³/mol. The van der Waals surface area contributed by atoms with Gasteiger partial charge in [0.15, 0.2) is 0 Å². The van der Waals surface area contributed by atoms with Gasteiger partial charge >= 0.3 is 11.9 Å². The number of nitrogens with one attached hydrogen (secondary N) is 2. The number of likely N-dealkylation sites (tertiary alicyclic amines) is 1. The number of amides is 3. The monoisotopic (exact) mass is 570 g/mol. The highest BCUT2D eigenvalue weighted by molar-refractivity contribution is 5.94. The summed E-state index contributed by atoms with van der Waals surface area (Å²) in [6.07, 6.45) is 0.00622. The lowest BCUT2D eigenvalue weighted by atomic mass is 10.0. The van der Waals surface area contributed by atoms with E-state index in [-0.39, 0.29) is 43.7 Å². The first-order chi connectivity index (χ1) is 19.4. The molecular formula is C28H34N4O9. The van der Waals surface area contributed by atoms with Gasteiger partial charge in [0.2, 0.25) is 17.7 Å². The molecule has 3 rings (SSSR count). The Morgan fingerprint density at radius 3 is 1.90 bits per heavy atom. The number of aliphatic carboxylic acids is 2. The van der Waals surface area contributed by atoms with E-state index in [9.17, 15) is 44.4 Å². The third-order valence-corrected chi connectivity index (χ3v) is 6.82. The summed E-state index contributed by atoms with van der Waals surface area (Å²) in [4.78, 5) is 63.9. The number of hydrogen-bond acceptors (Lipinski definition) is 8. The molecule has 1 fully saturated rings. The van der Waals surface area contributed by atoms with Crippen LogP contribution < -0.4 is 16.4 Å². The number of carbonyl (C=O) groups excluding carboxylic acids is 3. The number of nitrogens with zero attached hydrogens (tertiary/aromatic N) is 1. The molecule has 0 bridgehead atoms. The molecule has 3 amide bonds. The van der Waals surface area contributed by atoms with Crippen molar-refractivity contribution in [2.45, 2.75) is 62.7 Å². The molecule has 13 nitrogen and oxygen atoms in total. The molecule has 0 aliphatic carbocycles. The maximum Gasteiger partial charge on any atom is 0.326 e. The molecule has 0 aromatic heterocycles. The molecule has 0 radical (unpaired) electrons. The van der Waals surface area contributed by atoms with Gasteiger partial charge in [-0.1, -0.05) is 24.3 Å². The van der Waals surface area contributed by atoms with Crippen molar-refractivity contribution < 1.29 is 44.4 Å². The number of aromatic hydroxyl groups is 2. The zero-order valence-electron chi connectivity index (χ0n) is 22.2. The topological polar surface area (TPSA) is 220 Å². The van der Waals surface area contributed by atoms with Crippen molar-refractivity contribution in [1.82, 2.24) is 15.5 Å². The summed E-state index contributed by atoms with van der Waals surface area (Å²) >= 11 is 0. The highest BCUT2D eigenvalue weighted by Gasteiger charge is 2.38. The van der Waals surface area contributed by atoms with Crippen LogP contribution in [-0.4, -0.2) is 85.7 Å². The average molecular weight is 571 g/mol. The minimum absolute atomic E-state index is 0.00811. The maximum absolute atomic E-state index is 13.5. The Morgan fingerprint density at radius 1 is 0.829 bits per heavy atom. The largest absolute Gasteiger partial charge is 0.508 e. The predicted octanol–water partition coefficient (Wildman–Crippen LogP) is 0.120. The second kappa shape index (κ2) is 14.1. The fourth-order valence-corrected chi connectivity index (χ4v) is 4.62. The molecule has 0 spiro atoms. The number of phenolic OH excluding ortho intramolecular Hbond substituents is 2. The molecule has 8 N–H and O–H groups in total. The lowest BCUT2D eigenvalue weighted by molar-refractivity contribution is -0.149. The highest BCUT2D eigenvalue weighted by atomic mass is 16.4. The highest BCUT2D eigenvalue weighted by Crippen LogP contribution is 2.20. The van der Waals surface area contributed by atoms with E-state index >= 15 is 0 Å². The second-order valence-corrected chi connectivity index (χ2v) is 9.93. The van der Waals surface area contributed by atoms with E-state index in [1.165, 1.54) is 29.2 Å². The van der Waals surface area contributed by atoms with E-state index in [4.69, 9.17) is 5.73 Å². The van der Waals surface area contributed by atoms with Crippen LogP contribution in [0.4, 0.5) is 0 Å². The molecule has 13 heteroatoms. The van der Waals surface area contributed by atoms with E-state index in [0.29, 0.717) is 17.5 Å². The molecule has 1 heterocycles. The SMILES string of the molecule is NC(Cc1ccc(O)cc1)C(=O)NC(CCC(=O)O)C(=O)NC(Cc1ccc(O)cc1)C(=O)N1CCCC1C(=O)O. The van der Waals surface area contributed by atoms with Crippen molar-refractivity contribution >= 4 is 29.7 Å². The van der Waals surface area contributed by atoms with Crippen molar-refractivity contribution in [2.75, 3.05) is 6.54 Å². The molecule has 4 unspecified atom stereocenters. The summed E-state index contributed by atoms with van der Waals surface area (Å²) in [6, 6.07) is 7.19. The number of benzene rings is 2. The van der Waals surface area contributed by atoms with Crippen LogP contribution in [0.2, 0.25) is 0 Å². The first kappa shape index (κ1) is 30.9. The molecule has 1 saturated heterocycles. The van der Waals surface area contributed by atoms with Gasteiger partial charge in [0.05, 0.1) is 6.04 Å². The molecular weight excluding hydrogens is 536 g/mol. The summed E-state index contributed by atoms with van der Waals surface area (Å²) in [6.45, 7) is 0.184. The van der Waals surface area contributed by atoms with Crippen molar-refractivity contribution in [3.63, 3.8) is 0 Å². The lowest BCUT2D eigenvalue weighted by Crippen LogP contribution is -2.57. The molecule has 2 aromatic rings. The van der Waals surface area contributed by atoms with Crippen molar-refractivity contribution in [3.8, 4) is 11.5 Å². The van der Waals surface area contributed by atoms with E-state index < -0.39 is 60.2 Å². The summed E-state index contributed by atoms with van der Waals surface area (Å²) in [5.41, 5.74) is 7.24. The van der Waals surface area contributed by atoms with Crippen LogP contribution in [-0.2, 0) is 36.8 Å². The van der Waals surface area contributed by atoms with Crippen LogP contribution in [0.15, 0.2) is 48.5 Å². The number of nitrogens with two attached hydrogens (primary N) is 1. The van der Waals surface area contributed by atoms with Crippen LogP contribution in [0.1, 0.15) is 36.8 Å². The number of carbonyl (C=O) groups is 5. The van der Waals surface area contributed by atoms with Crippen molar-refractivity contribution in [3.05, 3.63) is 59.7 Å². The van der Waals surface area contributed by atoms with Gasteiger partial charge in [0.1, 0.15) is 29.6 Å². The number of carboxylic acid groups (broad SMARTS) is 2. The van der Waals surface area contributed by atoms with Crippen molar-refractivity contribution in [1.29, 1.82) is 0 Å². The van der Waals surface area contributed by atoms with Gasteiger partial charge < -0.3 is 41.7 Å². The number of rotatable bonds is 13. The summed E-state index contributed by atoms with van der Waals surface area (Å²) in [7, 11) is 0. The minimum Gasteiger partial charge on any atom is -0.508 e. The maximum atomic E-state index is 13.5. The van der Waals surface area contributed by atoms with Gasteiger partial charge in [-0.15, -0.1) is 0 Å². The molecule has 1 aliphatic heterocycles. The molecule has 0 saturated carbocycles. The fraction of sp³-hybridized carbons (Fsp3) is 0.393. The van der Waals surface area contributed by atoms with Gasteiger partial charge in [0, 0.05) is 19.4 Å². The van der Waals surface area contributed by atoms with Gasteiger partial charge in [-0.2, -0.15) is 0 Å². The third kappa shape index (κ3) is 8.93. The van der Waals surface area contributed by atoms with Crippen LogP contribution in [0.3, 0.4) is 0 Å². The quantitative estimate of drug-likeness (QED) is 0.172. The zero-order chi connectivity index (χ0) is 30.1. The Labute approximate surface area is 236 Å². The smallest absolute Gasteiger partial charge is 0.326 e. The summed E-state index contributed by atoms with van der Waals surface area (Å²) in [5.74, 6) is -4.54. The first-order valence-electron chi connectivity index (χ1n) is 13.1. The van der Waals surface area contributed by atoms with Gasteiger partial charge in [-0.25, -0.2) is 4.79 Å². The Balaban J connectivity index is 1.79. The fourth-order valence-electron chi connectivity index (χ4n) is 4.62. The Morgan fingerprint density at radius 2 is 1.37 bits per heavy atom. The van der Waals surface area contributed by atoms with E-state index in [0.717, 1.165) is 0 Å². The van der Waals surface area contributed by atoms with Crippen molar-refractivity contribution in [2.24, 2.45) is 5.73 Å². The summed E-state index contributed by atoms with van der Waals surface area (Å²) in [5, 5.41) is 42.9. The Bertz CT molecular complexity index is 1250.